The van der Waals surface area contributed by atoms with Gasteiger partial charge in [0.05, 0.1) is 6.10 Å². The first kappa shape index (κ1) is 13.7. The van der Waals surface area contributed by atoms with E-state index >= 15 is 0 Å². The normalized spacial score (nSPS) is 24.9. The van der Waals surface area contributed by atoms with Crippen molar-refractivity contribution in [2.24, 2.45) is 5.73 Å². The van der Waals surface area contributed by atoms with Crippen LogP contribution in [0.3, 0.4) is 0 Å². The van der Waals surface area contributed by atoms with E-state index in [1.165, 1.54) is 0 Å². The van der Waals surface area contributed by atoms with E-state index in [2.05, 4.69) is 4.98 Å². The van der Waals surface area contributed by atoms with Crippen LogP contribution < -0.4 is 5.73 Å². The third-order valence-corrected chi connectivity index (χ3v) is 2.17. The molecular weight excluding hydrogens is 223 g/mol. The van der Waals surface area contributed by atoms with Crippen molar-refractivity contribution in [3.63, 3.8) is 0 Å². The van der Waals surface area contributed by atoms with E-state index in [9.17, 15) is 0 Å². The standard InChI is InChI=1S/C9H12N2O.2ClH/c10-8-3-6-12-9(8)7-1-4-11-5-2-7;;/h1-2,4-5,8-9H,3,6,10H2;2*1H/t8-,9+;;/m1../s1. The highest BCUT2D eigenvalue weighted by Gasteiger charge is 2.25. The largest absolute Gasteiger partial charge is 0.372 e. The second-order valence-electron chi connectivity index (χ2n) is 3.02. The zero-order chi connectivity index (χ0) is 8.39. The summed E-state index contributed by atoms with van der Waals surface area (Å²) in [6.45, 7) is 0.772. The van der Waals surface area contributed by atoms with Crippen LogP contribution in [0.15, 0.2) is 24.5 Å². The average molecular weight is 237 g/mol. The molecule has 0 aromatic carbocycles. The molecule has 1 aromatic heterocycles. The fraction of sp³-hybridized carbons (Fsp3) is 0.444. The predicted octanol–water partition coefficient (Wildman–Crippen LogP) is 1.71. The number of nitrogens with zero attached hydrogens (tertiary/aromatic N) is 1. The minimum absolute atomic E-state index is 0. The van der Waals surface area contributed by atoms with Gasteiger partial charge in [-0.1, -0.05) is 0 Å². The molecule has 0 bridgehead atoms. The summed E-state index contributed by atoms with van der Waals surface area (Å²) in [7, 11) is 0. The second kappa shape index (κ2) is 6.19. The molecule has 0 spiro atoms. The van der Waals surface area contributed by atoms with E-state index in [1.54, 1.807) is 12.4 Å². The number of rotatable bonds is 1. The summed E-state index contributed by atoms with van der Waals surface area (Å²) in [6, 6.07) is 4.05. The van der Waals surface area contributed by atoms with Crippen molar-refractivity contribution in [1.29, 1.82) is 0 Å². The zero-order valence-electron chi connectivity index (χ0n) is 7.63. The van der Waals surface area contributed by atoms with Crippen molar-refractivity contribution < 1.29 is 4.74 Å². The van der Waals surface area contributed by atoms with Gasteiger partial charge in [-0.3, -0.25) is 4.98 Å². The lowest BCUT2D eigenvalue weighted by Crippen LogP contribution is -2.23. The number of hydrogen-bond acceptors (Lipinski definition) is 3. The first-order valence-corrected chi connectivity index (χ1v) is 4.15. The Morgan fingerprint density at radius 1 is 1.29 bits per heavy atom. The molecule has 0 radical (unpaired) electrons. The van der Waals surface area contributed by atoms with E-state index in [1.807, 2.05) is 12.1 Å². The van der Waals surface area contributed by atoms with Gasteiger partial charge in [-0.15, -0.1) is 24.8 Å². The van der Waals surface area contributed by atoms with Crippen LogP contribution in [0.25, 0.3) is 0 Å². The molecule has 80 valence electrons. The highest BCUT2D eigenvalue weighted by atomic mass is 35.5. The summed E-state index contributed by atoms with van der Waals surface area (Å²) in [6.07, 6.45) is 4.56. The number of halogens is 2. The van der Waals surface area contributed by atoms with Gasteiger partial charge in [-0.25, -0.2) is 0 Å². The topological polar surface area (TPSA) is 48.1 Å². The summed E-state index contributed by atoms with van der Waals surface area (Å²) in [4.78, 5) is 3.95. The Balaban J connectivity index is 0.000000845. The Labute approximate surface area is 95.9 Å². The molecule has 0 amide bonds. The smallest absolute Gasteiger partial charge is 0.0977 e. The van der Waals surface area contributed by atoms with Gasteiger partial charge in [0, 0.05) is 25.0 Å². The SMILES string of the molecule is Cl.Cl.N[C@@H]1CCO[C@H]1c1ccncc1. The summed E-state index contributed by atoms with van der Waals surface area (Å²) in [5, 5.41) is 0. The van der Waals surface area contributed by atoms with Crippen molar-refractivity contribution in [2.45, 2.75) is 18.6 Å². The lowest BCUT2D eigenvalue weighted by Gasteiger charge is -2.13. The number of hydrogen-bond donors (Lipinski definition) is 1. The van der Waals surface area contributed by atoms with Gasteiger partial charge in [0.25, 0.3) is 0 Å². The Morgan fingerprint density at radius 2 is 1.93 bits per heavy atom. The molecule has 1 aliphatic rings. The quantitative estimate of drug-likeness (QED) is 0.808. The van der Waals surface area contributed by atoms with Crippen LogP contribution in [0.1, 0.15) is 18.1 Å². The molecule has 2 rings (SSSR count). The molecule has 1 aromatic rings. The van der Waals surface area contributed by atoms with Crippen molar-refractivity contribution in [2.75, 3.05) is 6.61 Å². The number of ether oxygens (including phenoxy) is 1. The maximum Gasteiger partial charge on any atom is 0.0977 e. The second-order valence-corrected chi connectivity index (χ2v) is 3.02. The summed E-state index contributed by atoms with van der Waals surface area (Å²) < 4.78 is 5.50. The van der Waals surface area contributed by atoms with Crippen LogP contribution in [0.5, 0.6) is 0 Å². The fourth-order valence-corrected chi connectivity index (χ4v) is 1.50. The molecule has 5 heteroatoms. The zero-order valence-corrected chi connectivity index (χ0v) is 9.26. The minimum atomic E-state index is 0. The summed E-state index contributed by atoms with van der Waals surface area (Å²) >= 11 is 0. The van der Waals surface area contributed by atoms with Gasteiger partial charge >= 0.3 is 0 Å². The van der Waals surface area contributed by atoms with Crippen molar-refractivity contribution in [3.05, 3.63) is 30.1 Å². The van der Waals surface area contributed by atoms with Crippen LogP contribution in [0, 0.1) is 0 Å². The third kappa shape index (κ3) is 2.82. The summed E-state index contributed by atoms with van der Waals surface area (Å²) in [5.41, 5.74) is 7.00. The maximum atomic E-state index is 5.87. The predicted molar refractivity (Wildman–Crippen MR) is 60.0 cm³/mol. The van der Waals surface area contributed by atoms with Gasteiger partial charge in [-0.2, -0.15) is 0 Å². The molecule has 3 nitrogen and oxygen atoms in total. The van der Waals surface area contributed by atoms with Crippen LogP contribution >= 0.6 is 24.8 Å². The van der Waals surface area contributed by atoms with Crippen molar-refractivity contribution >= 4 is 24.8 Å². The van der Waals surface area contributed by atoms with E-state index in [-0.39, 0.29) is 37.0 Å². The van der Waals surface area contributed by atoms with E-state index in [0.717, 1.165) is 18.6 Å². The molecule has 2 atom stereocenters. The van der Waals surface area contributed by atoms with Gasteiger partial charge in [-0.05, 0) is 24.1 Å². The third-order valence-electron chi connectivity index (χ3n) is 2.17. The van der Waals surface area contributed by atoms with Crippen LogP contribution in [-0.2, 0) is 4.74 Å². The molecule has 0 aliphatic carbocycles. The van der Waals surface area contributed by atoms with Gasteiger partial charge in [0.2, 0.25) is 0 Å². The summed E-state index contributed by atoms with van der Waals surface area (Å²) in [5.74, 6) is 0. The number of pyridine rings is 1. The van der Waals surface area contributed by atoms with Gasteiger partial charge < -0.3 is 10.5 Å². The number of aromatic nitrogens is 1. The lowest BCUT2D eigenvalue weighted by atomic mass is 10.0. The van der Waals surface area contributed by atoms with E-state index in [4.69, 9.17) is 10.5 Å². The van der Waals surface area contributed by atoms with Gasteiger partial charge in [0.1, 0.15) is 0 Å². The monoisotopic (exact) mass is 236 g/mol. The first-order chi connectivity index (χ1) is 5.88. The molecule has 1 aliphatic heterocycles. The lowest BCUT2D eigenvalue weighted by molar-refractivity contribution is 0.105. The minimum Gasteiger partial charge on any atom is -0.372 e. The molecule has 1 fully saturated rings. The molecule has 2 heterocycles. The van der Waals surface area contributed by atoms with Crippen LogP contribution in [0.2, 0.25) is 0 Å². The molecule has 2 N–H and O–H groups in total. The fourth-order valence-electron chi connectivity index (χ4n) is 1.50. The van der Waals surface area contributed by atoms with Gasteiger partial charge in [0.15, 0.2) is 0 Å². The molecule has 0 unspecified atom stereocenters. The van der Waals surface area contributed by atoms with Crippen molar-refractivity contribution in [1.82, 2.24) is 4.98 Å². The van der Waals surface area contributed by atoms with Crippen LogP contribution in [-0.4, -0.2) is 17.6 Å². The van der Waals surface area contributed by atoms with E-state index in [0.29, 0.717) is 0 Å². The van der Waals surface area contributed by atoms with Crippen LogP contribution in [0.4, 0.5) is 0 Å². The Hall–Kier alpha value is -0.350. The molecular formula is C9H14Cl2N2O. The molecule has 14 heavy (non-hydrogen) atoms. The van der Waals surface area contributed by atoms with E-state index < -0.39 is 0 Å². The van der Waals surface area contributed by atoms with Crippen molar-refractivity contribution in [3.8, 4) is 0 Å². The highest BCUT2D eigenvalue weighted by Crippen LogP contribution is 2.26. The first-order valence-electron chi connectivity index (χ1n) is 4.15. The maximum absolute atomic E-state index is 5.87. The average Bonchev–Trinajstić information content (AvgIpc) is 2.53. The number of nitrogens with two attached hydrogens (primary N) is 1. The highest BCUT2D eigenvalue weighted by molar-refractivity contribution is 5.85. The Kier molecular flexibility index (Phi) is 6.04. The Bertz CT molecular complexity index is 258. The molecule has 0 saturated carbocycles. The molecule has 1 saturated heterocycles. The Morgan fingerprint density at radius 3 is 2.43 bits per heavy atom.